The number of anilines is 1. The molecule has 106 valence electrons. The van der Waals surface area contributed by atoms with Crippen molar-refractivity contribution in [3.63, 3.8) is 0 Å². The molecule has 1 amide bonds. The van der Waals surface area contributed by atoms with Gasteiger partial charge >= 0.3 is 0 Å². The summed E-state index contributed by atoms with van der Waals surface area (Å²) in [5, 5.41) is 2.81. The predicted octanol–water partition coefficient (Wildman–Crippen LogP) is 2.70. The van der Waals surface area contributed by atoms with Gasteiger partial charge in [0.2, 0.25) is 0 Å². The Labute approximate surface area is 117 Å². The summed E-state index contributed by atoms with van der Waals surface area (Å²) in [4.78, 5) is 12.1. The molecular formula is C15H18N2O3. The summed E-state index contributed by atoms with van der Waals surface area (Å²) in [6.45, 7) is 4.67. The first kappa shape index (κ1) is 14.1. The smallest absolute Gasteiger partial charge is 0.259 e. The molecular weight excluding hydrogens is 256 g/mol. The van der Waals surface area contributed by atoms with Crippen LogP contribution in [0.5, 0.6) is 5.75 Å². The molecule has 20 heavy (non-hydrogen) atoms. The second kappa shape index (κ2) is 6.25. The third kappa shape index (κ3) is 3.19. The molecule has 5 nitrogen and oxygen atoms in total. The maximum absolute atomic E-state index is 12.1. The van der Waals surface area contributed by atoms with Crippen LogP contribution in [0.2, 0.25) is 0 Å². The van der Waals surface area contributed by atoms with Crippen LogP contribution < -0.4 is 15.8 Å². The number of rotatable bonds is 5. The number of ether oxygens (including phenoxy) is 1. The first-order valence-corrected chi connectivity index (χ1v) is 6.46. The molecule has 0 saturated carbocycles. The van der Waals surface area contributed by atoms with Crippen LogP contribution in [0.1, 0.15) is 28.6 Å². The van der Waals surface area contributed by atoms with E-state index in [2.05, 4.69) is 5.32 Å². The number of furan rings is 1. The number of hydrogen-bond acceptors (Lipinski definition) is 4. The van der Waals surface area contributed by atoms with E-state index in [-0.39, 0.29) is 12.5 Å². The fourth-order valence-corrected chi connectivity index (χ4v) is 1.81. The van der Waals surface area contributed by atoms with E-state index in [9.17, 15) is 4.79 Å². The van der Waals surface area contributed by atoms with E-state index in [4.69, 9.17) is 14.9 Å². The number of carbonyl (C=O) groups excluding carboxylic acids is 1. The molecule has 2 rings (SSSR count). The first-order valence-electron chi connectivity index (χ1n) is 6.46. The minimum absolute atomic E-state index is 0.252. The van der Waals surface area contributed by atoms with E-state index in [1.807, 2.05) is 32.0 Å². The van der Waals surface area contributed by atoms with E-state index in [1.54, 1.807) is 6.07 Å². The molecule has 0 aliphatic heterocycles. The standard InChI is InChI=1S/C15H18N2O3/c1-3-19-14-6-10(2)4-5-13(14)17-15(18)11-7-12(8-16)20-9-11/h4-7,9H,3,8,16H2,1-2H3,(H,17,18). The van der Waals surface area contributed by atoms with Gasteiger partial charge in [0, 0.05) is 0 Å². The van der Waals surface area contributed by atoms with Gasteiger partial charge in [0.05, 0.1) is 24.4 Å². The lowest BCUT2D eigenvalue weighted by Crippen LogP contribution is -2.12. The number of benzene rings is 1. The van der Waals surface area contributed by atoms with Crippen molar-refractivity contribution in [3.8, 4) is 5.75 Å². The van der Waals surface area contributed by atoms with Crippen LogP contribution in [0.3, 0.4) is 0 Å². The molecule has 0 unspecified atom stereocenters. The van der Waals surface area contributed by atoms with Crippen LogP contribution in [0.4, 0.5) is 5.69 Å². The maximum atomic E-state index is 12.1. The lowest BCUT2D eigenvalue weighted by Gasteiger charge is -2.11. The maximum Gasteiger partial charge on any atom is 0.259 e. The fraction of sp³-hybridized carbons (Fsp3) is 0.267. The Morgan fingerprint density at radius 2 is 2.20 bits per heavy atom. The molecule has 0 saturated heterocycles. The molecule has 5 heteroatoms. The second-order valence-corrected chi connectivity index (χ2v) is 4.39. The zero-order valence-corrected chi connectivity index (χ0v) is 11.6. The summed E-state index contributed by atoms with van der Waals surface area (Å²) in [6.07, 6.45) is 1.39. The SMILES string of the molecule is CCOc1cc(C)ccc1NC(=O)c1coc(CN)c1. The fourth-order valence-electron chi connectivity index (χ4n) is 1.81. The van der Waals surface area contributed by atoms with Crippen molar-refractivity contribution in [3.05, 3.63) is 47.4 Å². The van der Waals surface area contributed by atoms with Crippen LogP contribution in [0.25, 0.3) is 0 Å². The molecule has 0 spiro atoms. The molecule has 3 N–H and O–H groups in total. The second-order valence-electron chi connectivity index (χ2n) is 4.39. The van der Waals surface area contributed by atoms with Crippen LogP contribution in [0.15, 0.2) is 34.9 Å². The average molecular weight is 274 g/mol. The van der Waals surface area contributed by atoms with Gasteiger partial charge in [0.1, 0.15) is 17.8 Å². The topological polar surface area (TPSA) is 77.5 Å². The molecule has 0 fully saturated rings. The number of carbonyl (C=O) groups is 1. The summed E-state index contributed by atoms with van der Waals surface area (Å²) in [6, 6.07) is 7.25. The summed E-state index contributed by atoms with van der Waals surface area (Å²) in [5.41, 5.74) is 7.60. The number of nitrogens with two attached hydrogens (primary N) is 1. The number of amides is 1. The molecule has 0 bridgehead atoms. The van der Waals surface area contributed by atoms with Crippen LogP contribution >= 0.6 is 0 Å². The Morgan fingerprint density at radius 3 is 2.85 bits per heavy atom. The van der Waals surface area contributed by atoms with Crippen LogP contribution in [-0.2, 0) is 6.54 Å². The molecule has 1 aromatic heterocycles. The Hall–Kier alpha value is -2.27. The van der Waals surface area contributed by atoms with E-state index in [1.165, 1.54) is 6.26 Å². The Morgan fingerprint density at radius 1 is 1.40 bits per heavy atom. The van der Waals surface area contributed by atoms with Gasteiger partial charge in [-0.2, -0.15) is 0 Å². The van der Waals surface area contributed by atoms with E-state index < -0.39 is 0 Å². The molecule has 0 radical (unpaired) electrons. The van der Waals surface area contributed by atoms with Crippen LogP contribution in [0, 0.1) is 6.92 Å². The Balaban J connectivity index is 2.18. The van der Waals surface area contributed by atoms with E-state index >= 15 is 0 Å². The summed E-state index contributed by atoms with van der Waals surface area (Å²) < 4.78 is 10.7. The molecule has 0 aliphatic rings. The number of aryl methyl sites for hydroxylation is 1. The average Bonchev–Trinajstić information content (AvgIpc) is 2.91. The summed E-state index contributed by atoms with van der Waals surface area (Å²) in [5.74, 6) is 0.978. The predicted molar refractivity (Wildman–Crippen MR) is 76.9 cm³/mol. The largest absolute Gasteiger partial charge is 0.492 e. The van der Waals surface area contributed by atoms with E-state index in [0.717, 1.165) is 5.56 Å². The van der Waals surface area contributed by atoms with Crippen molar-refractivity contribution in [2.24, 2.45) is 5.73 Å². The van der Waals surface area contributed by atoms with Gasteiger partial charge in [-0.3, -0.25) is 4.79 Å². The Bertz CT molecular complexity index is 605. The van der Waals surface area contributed by atoms with Gasteiger partial charge in [-0.1, -0.05) is 6.07 Å². The lowest BCUT2D eigenvalue weighted by molar-refractivity contribution is 0.102. The van der Waals surface area contributed by atoms with Gasteiger partial charge in [0.15, 0.2) is 0 Å². The highest BCUT2D eigenvalue weighted by atomic mass is 16.5. The van der Waals surface area contributed by atoms with Crippen molar-refractivity contribution >= 4 is 11.6 Å². The summed E-state index contributed by atoms with van der Waals surface area (Å²) >= 11 is 0. The zero-order valence-electron chi connectivity index (χ0n) is 11.6. The quantitative estimate of drug-likeness (QED) is 0.878. The van der Waals surface area contributed by atoms with Gasteiger partial charge in [-0.15, -0.1) is 0 Å². The van der Waals surface area contributed by atoms with Gasteiger partial charge in [0.25, 0.3) is 5.91 Å². The normalized spacial score (nSPS) is 10.3. The summed E-state index contributed by atoms with van der Waals surface area (Å²) in [7, 11) is 0. The van der Waals surface area contributed by atoms with Gasteiger partial charge < -0.3 is 20.2 Å². The Kier molecular flexibility index (Phi) is 4.42. The van der Waals surface area contributed by atoms with Gasteiger partial charge in [-0.25, -0.2) is 0 Å². The molecule has 0 aliphatic carbocycles. The van der Waals surface area contributed by atoms with E-state index in [0.29, 0.717) is 29.4 Å². The van der Waals surface area contributed by atoms with Gasteiger partial charge in [-0.05, 0) is 37.6 Å². The third-order valence-electron chi connectivity index (χ3n) is 2.80. The van der Waals surface area contributed by atoms with Crippen molar-refractivity contribution in [2.45, 2.75) is 20.4 Å². The number of hydrogen-bond donors (Lipinski definition) is 2. The lowest BCUT2D eigenvalue weighted by atomic mass is 10.2. The van der Waals surface area contributed by atoms with Crippen molar-refractivity contribution in [1.82, 2.24) is 0 Å². The van der Waals surface area contributed by atoms with Crippen molar-refractivity contribution < 1.29 is 13.9 Å². The molecule has 2 aromatic rings. The minimum Gasteiger partial charge on any atom is -0.492 e. The monoisotopic (exact) mass is 274 g/mol. The highest BCUT2D eigenvalue weighted by molar-refractivity contribution is 6.04. The first-order chi connectivity index (χ1) is 9.63. The molecule has 0 atom stereocenters. The zero-order chi connectivity index (χ0) is 14.5. The third-order valence-corrected chi connectivity index (χ3v) is 2.80. The molecule has 1 heterocycles. The molecule has 1 aromatic carbocycles. The minimum atomic E-state index is -0.252. The van der Waals surface area contributed by atoms with Crippen molar-refractivity contribution in [2.75, 3.05) is 11.9 Å². The van der Waals surface area contributed by atoms with Crippen LogP contribution in [-0.4, -0.2) is 12.5 Å². The number of nitrogens with one attached hydrogen (secondary N) is 1. The van der Waals surface area contributed by atoms with Crippen molar-refractivity contribution in [1.29, 1.82) is 0 Å². The highest BCUT2D eigenvalue weighted by Crippen LogP contribution is 2.26. The highest BCUT2D eigenvalue weighted by Gasteiger charge is 2.12.